The van der Waals surface area contributed by atoms with Crippen LogP contribution in [0, 0.1) is 11.6 Å². The van der Waals surface area contributed by atoms with E-state index in [1.54, 1.807) is 13.8 Å². The molecule has 0 aliphatic heterocycles. The summed E-state index contributed by atoms with van der Waals surface area (Å²) in [5, 5.41) is 12.5. The molecule has 2 aromatic rings. The molecule has 0 bridgehead atoms. The van der Waals surface area contributed by atoms with Crippen LogP contribution in [-0.4, -0.2) is 30.7 Å². The number of rotatable bonds is 6. The fraction of sp³-hybridized carbons (Fsp3) is 0.267. The highest BCUT2D eigenvalue weighted by molar-refractivity contribution is 7.92. The van der Waals surface area contributed by atoms with Crippen LogP contribution in [0.5, 0.6) is 0 Å². The van der Waals surface area contributed by atoms with Crippen molar-refractivity contribution in [3.05, 3.63) is 48.2 Å². The van der Waals surface area contributed by atoms with E-state index in [1.807, 2.05) is 4.72 Å². The maximum absolute atomic E-state index is 13.5. The van der Waals surface area contributed by atoms with E-state index in [1.165, 1.54) is 12.1 Å². The lowest BCUT2D eigenvalue weighted by molar-refractivity contribution is 0.0944. The molecule has 0 fully saturated rings. The van der Waals surface area contributed by atoms with Gasteiger partial charge in [-0.1, -0.05) is 0 Å². The van der Waals surface area contributed by atoms with Gasteiger partial charge in [0.15, 0.2) is 0 Å². The summed E-state index contributed by atoms with van der Waals surface area (Å²) in [6, 6.07) is 5.13. The SMILES string of the molecule is CC(C)(O)CNc1ccc(S(=O)(=O)Nc2cc(F)ccc2F)cn1. The van der Waals surface area contributed by atoms with Gasteiger partial charge in [-0.2, -0.15) is 0 Å². The molecule has 6 nitrogen and oxygen atoms in total. The van der Waals surface area contributed by atoms with E-state index in [2.05, 4.69) is 10.3 Å². The third kappa shape index (κ3) is 4.87. The number of nitrogens with zero attached hydrogens (tertiary/aromatic N) is 1. The Balaban J connectivity index is 2.16. The molecule has 0 atom stereocenters. The fourth-order valence-corrected chi connectivity index (χ4v) is 2.73. The lowest BCUT2D eigenvalue weighted by atomic mass is 10.1. The molecule has 1 aromatic carbocycles. The zero-order chi connectivity index (χ0) is 18.0. The van der Waals surface area contributed by atoms with Crippen molar-refractivity contribution in [1.29, 1.82) is 0 Å². The molecule has 0 aliphatic rings. The van der Waals surface area contributed by atoms with Crippen LogP contribution in [0.15, 0.2) is 41.4 Å². The quantitative estimate of drug-likeness (QED) is 0.738. The highest BCUT2D eigenvalue weighted by Crippen LogP contribution is 2.20. The summed E-state index contributed by atoms with van der Waals surface area (Å²) in [6.07, 6.45) is 1.08. The predicted molar refractivity (Wildman–Crippen MR) is 86.2 cm³/mol. The highest BCUT2D eigenvalue weighted by atomic mass is 32.2. The van der Waals surface area contributed by atoms with E-state index in [4.69, 9.17) is 0 Å². The second kappa shape index (κ2) is 6.70. The molecular weight excluding hydrogens is 340 g/mol. The molecule has 24 heavy (non-hydrogen) atoms. The van der Waals surface area contributed by atoms with Crippen LogP contribution >= 0.6 is 0 Å². The minimum atomic E-state index is -4.11. The zero-order valence-corrected chi connectivity index (χ0v) is 13.9. The fourth-order valence-electron chi connectivity index (χ4n) is 1.73. The van der Waals surface area contributed by atoms with Crippen LogP contribution in [0.2, 0.25) is 0 Å². The zero-order valence-electron chi connectivity index (χ0n) is 13.0. The number of anilines is 2. The normalized spacial score (nSPS) is 12.0. The van der Waals surface area contributed by atoms with Gasteiger partial charge in [-0.15, -0.1) is 0 Å². The molecule has 0 aliphatic carbocycles. The van der Waals surface area contributed by atoms with E-state index in [0.29, 0.717) is 5.82 Å². The lowest BCUT2D eigenvalue weighted by Crippen LogP contribution is -2.29. The summed E-state index contributed by atoms with van der Waals surface area (Å²) in [4.78, 5) is 3.71. The van der Waals surface area contributed by atoms with Crippen molar-refractivity contribution in [3.63, 3.8) is 0 Å². The number of pyridine rings is 1. The number of sulfonamides is 1. The number of nitrogens with one attached hydrogen (secondary N) is 2. The van der Waals surface area contributed by atoms with Crippen molar-refractivity contribution >= 4 is 21.5 Å². The maximum atomic E-state index is 13.5. The third-order valence-corrected chi connectivity index (χ3v) is 4.27. The summed E-state index contributed by atoms with van der Waals surface area (Å²) in [5.74, 6) is -1.29. The van der Waals surface area contributed by atoms with E-state index >= 15 is 0 Å². The van der Waals surface area contributed by atoms with Gasteiger partial charge < -0.3 is 10.4 Å². The molecule has 1 aromatic heterocycles. The van der Waals surface area contributed by atoms with Crippen LogP contribution in [0.1, 0.15) is 13.8 Å². The largest absolute Gasteiger partial charge is 0.389 e. The lowest BCUT2D eigenvalue weighted by Gasteiger charge is -2.18. The first-order valence-electron chi connectivity index (χ1n) is 6.97. The van der Waals surface area contributed by atoms with E-state index in [0.717, 1.165) is 24.4 Å². The molecule has 0 amide bonds. The average molecular weight is 357 g/mol. The van der Waals surface area contributed by atoms with Crippen molar-refractivity contribution in [2.45, 2.75) is 24.3 Å². The number of hydrogen-bond donors (Lipinski definition) is 3. The Morgan fingerprint density at radius 2 is 1.92 bits per heavy atom. The molecule has 0 radical (unpaired) electrons. The molecule has 0 unspecified atom stereocenters. The predicted octanol–water partition coefficient (Wildman–Crippen LogP) is 2.34. The first-order valence-corrected chi connectivity index (χ1v) is 8.45. The topological polar surface area (TPSA) is 91.3 Å². The van der Waals surface area contributed by atoms with E-state index in [9.17, 15) is 22.3 Å². The average Bonchev–Trinajstić information content (AvgIpc) is 2.48. The third-order valence-electron chi connectivity index (χ3n) is 2.92. The molecule has 3 N–H and O–H groups in total. The van der Waals surface area contributed by atoms with Crippen LogP contribution in [0.3, 0.4) is 0 Å². The van der Waals surface area contributed by atoms with Gasteiger partial charge in [-0.05, 0) is 38.1 Å². The number of halogens is 2. The molecule has 130 valence electrons. The Labute approximate surface area is 138 Å². The molecule has 0 spiro atoms. The van der Waals surface area contributed by atoms with Gasteiger partial charge in [0.2, 0.25) is 0 Å². The van der Waals surface area contributed by atoms with Gasteiger partial charge in [0.05, 0.1) is 11.3 Å². The van der Waals surface area contributed by atoms with E-state index in [-0.39, 0.29) is 11.4 Å². The number of aliphatic hydroxyl groups is 1. The molecule has 9 heteroatoms. The van der Waals surface area contributed by atoms with Gasteiger partial charge >= 0.3 is 0 Å². The van der Waals surface area contributed by atoms with Gasteiger partial charge in [0, 0.05) is 18.8 Å². The number of hydrogen-bond acceptors (Lipinski definition) is 5. The van der Waals surface area contributed by atoms with Gasteiger partial charge in [-0.3, -0.25) is 4.72 Å². The smallest absolute Gasteiger partial charge is 0.263 e. The molecule has 2 rings (SSSR count). The van der Waals surface area contributed by atoms with E-state index < -0.39 is 32.9 Å². The van der Waals surface area contributed by atoms with Crippen molar-refractivity contribution in [3.8, 4) is 0 Å². The summed E-state index contributed by atoms with van der Waals surface area (Å²) < 4.78 is 53.0. The van der Waals surface area contributed by atoms with Gasteiger partial charge in [0.25, 0.3) is 10.0 Å². The standard InChI is InChI=1S/C15H17F2N3O3S/c1-15(2,21)9-19-14-6-4-11(8-18-14)24(22,23)20-13-7-10(16)3-5-12(13)17/h3-8,20-21H,9H2,1-2H3,(H,18,19). The Hall–Kier alpha value is -2.26. The van der Waals surface area contributed by atoms with Gasteiger partial charge in [0.1, 0.15) is 22.3 Å². The van der Waals surface area contributed by atoms with Crippen LogP contribution in [0.25, 0.3) is 0 Å². The second-order valence-electron chi connectivity index (χ2n) is 5.77. The monoisotopic (exact) mass is 357 g/mol. The van der Waals surface area contributed by atoms with Crippen molar-refractivity contribution in [2.24, 2.45) is 0 Å². The minimum Gasteiger partial charge on any atom is -0.389 e. The number of benzene rings is 1. The summed E-state index contributed by atoms with van der Waals surface area (Å²) in [6.45, 7) is 3.44. The van der Waals surface area contributed by atoms with Gasteiger partial charge in [-0.25, -0.2) is 22.2 Å². The first kappa shape index (κ1) is 18.1. The van der Waals surface area contributed by atoms with Crippen molar-refractivity contribution in [1.82, 2.24) is 4.98 Å². The van der Waals surface area contributed by atoms with Crippen LogP contribution in [-0.2, 0) is 10.0 Å². The Morgan fingerprint density at radius 1 is 1.21 bits per heavy atom. The van der Waals surface area contributed by atoms with Crippen molar-refractivity contribution < 1.29 is 22.3 Å². The first-order chi connectivity index (χ1) is 11.1. The van der Waals surface area contributed by atoms with Crippen LogP contribution < -0.4 is 10.0 Å². The maximum Gasteiger partial charge on any atom is 0.263 e. The number of aromatic nitrogens is 1. The molecule has 1 heterocycles. The second-order valence-corrected chi connectivity index (χ2v) is 7.46. The molecular formula is C15H17F2N3O3S. The Bertz CT molecular complexity index is 819. The van der Waals surface area contributed by atoms with Crippen molar-refractivity contribution in [2.75, 3.05) is 16.6 Å². The molecule has 0 saturated carbocycles. The Morgan fingerprint density at radius 3 is 2.50 bits per heavy atom. The molecule has 0 saturated heterocycles. The van der Waals surface area contributed by atoms with Crippen LogP contribution in [0.4, 0.5) is 20.3 Å². The highest BCUT2D eigenvalue weighted by Gasteiger charge is 2.18. The minimum absolute atomic E-state index is 0.208. The Kier molecular flexibility index (Phi) is 5.05. The summed E-state index contributed by atoms with van der Waals surface area (Å²) >= 11 is 0. The summed E-state index contributed by atoms with van der Waals surface area (Å²) in [7, 11) is -4.11. The summed E-state index contributed by atoms with van der Waals surface area (Å²) in [5.41, 5.74) is -1.44.